The molecule has 1 unspecified atom stereocenters. The van der Waals surface area contributed by atoms with Crippen molar-refractivity contribution < 1.29 is 14.1 Å². The summed E-state index contributed by atoms with van der Waals surface area (Å²) in [5, 5.41) is 13.9. The molecule has 4 heterocycles. The molecule has 0 radical (unpaired) electrons. The van der Waals surface area contributed by atoms with Crippen LogP contribution in [0.2, 0.25) is 0 Å². The zero-order valence-corrected chi connectivity index (χ0v) is 18.3. The highest BCUT2D eigenvalue weighted by molar-refractivity contribution is 5.91. The summed E-state index contributed by atoms with van der Waals surface area (Å²) in [6.45, 7) is 2.41. The lowest BCUT2D eigenvalue weighted by Crippen LogP contribution is -2.37. The fourth-order valence-corrected chi connectivity index (χ4v) is 4.31. The second-order valence-corrected chi connectivity index (χ2v) is 8.12. The highest BCUT2D eigenvalue weighted by atomic mass is 16.6. The van der Waals surface area contributed by atoms with Gasteiger partial charge in [0.2, 0.25) is 0 Å². The third kappa shape index (κ3) is 4.46. The van der Waals surface area contributed by atoms with Crippen LogP contribution < -0.4 is 5.32 Å². The van der Waals surface area contributed by atoms with Crippen LogP contribution >= 0.6 is 0 Å². The predicted octanol–water partition coefficient (Wildman–Crippen LogP) is 3.92. The number of nitrogens with zero attached hydrogens (tertiary/aromatic N) is 4. The Morgan fingerprint density at radius 1 is 1.09 bits per heavy atom. The van der Waals surface area contributed by atoms with E-state index >= 15 is 0 Å². The largest absolute Gasteiger partial charge is 0.455 e. The third-order valence-electron chi connectivity index (χ3n) is 5.96. The number of carbonyl (C=O) groups excluding carboxylic acids is 1. The van der Waals surface area contributed by atoms with Gasteiger partial charge in [0.1, 0.15) is 5.76 Å². The maximum atomic E-state index is 12.5. The van der Waals surface area contributed by atoms with E-state index < -0.39 is 4.92 Å². The van der Waals surface area contributed by atoms with Gasteiger partial charge in [-0.2, -0.15) is 0 Å². The number of nitrogens with one attached hydrogen (secondary N) is 1. The van der Waals surface area contributed by atoms with Gasteiger partial charge < -0.3 is 14.3 Å². The molecule has 1 N–H and O–H groups in total. The van der Waals surface area contributed by atoms with Gasteiger partial charge in [-0.1, -0.05) is 18.2 Å². The van der Waals surface area contributed by atoms with Gasteiger partial charge in [0.25, 0.3) is 11.6 Å². The summed E-state index contributed by atoms with van der Waals surface area (Å²) in [5.41, 5.74) is 2.91. The molecule has 1 aliphatic heterocycles. The van der Waals surface area contributed by atoms with Crippen LogP contribution in [0.3, 0.4) is 0 Å². The van der Waals surface area contributed by atoms with Crippen LogP contribution in [-0.4, -0.2) is 31.8 Å². The lowest BCUT2D eigenvalue weighted by atomic mass is 9.99. The first kappa shape index (κ1) is 21.6. The number of non-ortho nitro benzene ring substituents is 1. The van der Waals surface area contributed by atoms with E-state index in [1.54, 1.807) is 24.4 Å². The molecule has 9 heteroatoms. The van der Waals surface area contributed by atoms with E-state index in [9.17, 15) is 14.9 Å². The molecule has 0 saturated heterocycles. The molecular formula is C25H23N5O4. The van der Waals surface area contributed by atoms with Crippen molar-refractivity contribution in [1.29, 1.82) is 0 Å². The second-order valence-electron chi connectivity index (χ2n) is 8.12. The molecule has 34 heavy (non-hydrogen) atoms. The first-order valence-electron chi connectivity index (χ1n) is 11.0. The van der Waals surface area contributed by atoms with Gasteiger partial charge in [0.15, 0.2) is 5.76 Å². The van der Waals surface area contributed by atoms with Crippen LogP contribution in [-0.2, 0) is 19.6 Å². The molecule has 0 aliphatic carbocycles. The number of fused-ring (bicyclic) bond motifs is 1. The molecule has 1 aromatic carbocycles. The molecule has 1 amide bonds. The quantitative estimate of drug-likeness (QED) is 0.333. The minimum Gasteiger partial charge on any atom is -0.455 e. The standard InChI is InChI=1S/C25H23N5O4/c31-25(27-16-19-4-1-2-12-26-19)23-11-10-21(34-23)17-29-15-14-28-13-3-5-22(28)24(29)18-6-8-20(9-7-18)30(32)33/h1-13,24H,14-17H2,(H,27,31). The molecule has 9 nitrogen and oxygen atoms in total. The normalized spacial score (nSPS) is 15.6. The molecule has 3 aromatic heterocycles. The average Bonchev–Trinajstić information content (AvgIpc) is 3.53. The smallest absolute Gasteiger partial charge is 0.287 e. The maximum Gasteiger partial charge on any atom is 0.287 e. The molecule has 0 fully saturated rings. The number of nitro benzene ring substituents is 1. The van der Waals surface area contributed by atoms with Gasteiger partial charge in [0, 0.05) is 43.3 Å². The Kier molecular flexibility index (Phi) is 5.92. The first-order chi connectivity index (χ1) is 16.6. The number of furan rings is 1. The summed E-state index contributed by atoms with van der Waals surface area (Å²) in [4.78, 5) is 29.7. The SMILES string of the molecule is O=C(NCc1ccccn1)c1ccc(CN2CCn3cccc3C2c2ccc([N+](=O)[O-])cc2)o1. The predicted molar refractivity (Wildman–Crippen MR) is 124 cm³/mol. The fourth-order valence-electron chi connectivity index (χ4n) is 4.31. The van der Waals surface area contributed by atoms with Crippen LogP contribution in [0.5, 0.6) is 0 Å². The third-order valence-corrected chi connectivity index (χ3v) is 5.96. The summed E-state index contributed by atoms with van der Waals surface area (Å²) in [5.74, 6) is 0.629. The fraction of sp³-hybridized carbons (Fsp3) is 0.200. The van der Waals surface area contributed by atoms with Crippen molar-refractivity contribution in [3.8, 4) is 0 Å². The lowest BCUT2D eigenvalue weighted by Gasteiger charge is -2.36. The molecule has 0 bridgehead atoms. The number of amides is 1. The highest BCUT2D eigenvalue weighted by Gasteiger charge is 2.30. The van der Waals surface area contributed by atoms with Crippen LogP contribution in [0.25, 0.3) is 0 Å². The summed E-state index contributed by atoms with van der Waals surface area (Å²) in [6, 6.07) is 19.7. The minimum absolute atomic E-state index is 0.0638. The Morgan fingerprint density at radius 3 is 2.71 bits per heavy atom. The Morgan fingerprint density at radius 2 is 1.94 bits per heavy atom. The van der Waals surface area contributed by atoms with Crippen molar-refractivity contribution in [2.45, 2.75) is 25.7 Å². The molecule has 0 spiro atoms. The maximum absolute atomic E-state index is 12.5. The number of carbonyl (C=O) groups is 1. The van der Waals surface area contributed by atoms with Crippen molar-refractivity contribution in [1.82, 2.24) is 19.8 Å². The monoisotopic (exact) mass is 457 g/mol. The second kappa shape index (κ2) is 9.32. The van der Waals surface area contributed by atoms with E-state index in [0.717, 1.165) is 30.0 Å². The minimum atomic E-state index is -0.394. The van der Waals surface area contributed by atoms with Crippen molar-refractivity contribution in [3.05, 3.63) is 118 Å². The Bertz CT molecular complexity index is 1300. The van der Waals surface area contributed by atoms with Gasteiger partial charge in [-0.05, 0) is 42.0 Å². The van der Waals surface area contributed by atoms with Crippen molar-refractivity contribution in [2.75, 3.05) is 6.54 Å². The number of rotatable bonds is 7. The zero-order chi connectivity index (χ0) is 23.5. The van der Waals surface area contributed by atoms with Gasteiger partial charge in [-0.3, -0.25) is 24.8 Å². The van der Waals surface area contributed by atoms with Crippen molar-refractivity contribution >= 4 is 11.6 Å². The summed E-state index contributed by atoms with van der Waals surface area (Å²) >= 11 is 0. The Hall–Kier alpha value is -4.24. The number of pyridine rings is 1. The highest BCUT2D eigenvalue weighted by Crippen LogP contribution is 2.34. The van der Waals surface area contributed by atoms with E-state index in [2.05, 4.69) is 25.8 Å². The Labute approximate surface area is 195 Å². The molecule has 5 rings (SSSR count). The number of aromatic nitrogens is 2. The number of hydrogen-bond acceptors (Lipinski definition) is 6. The van der Waals surface area contributed by atoms with Crippen LogP contribution in [0, 0.1) is 10.1 Å². The zero-order valence-electron chi connectivity index (χ0n) is 18.3. The molecule has 1 aliphatic rings. The lowest BCUT2D eigenvalue weighted by molar-refractivity contribution is -0.384. The van der Waals surface area contributed by atoms with Crippen molar-refractivity contribution in [3.63, 3.8) is 0 Å². The summed E-state index contributed by atoms with van der Waals surface area (Å²) < 4.78 is 8.07. The molecule has 1 atom stereocenters. The van der Waals surface area contributed by atoms with Gasteiger partial charge in [-0.15, -0.1) is 0 Å². The van der Waals surface area contributed by atoms with Gasteiger partial charge in [-0.25, -0.2) is 0 Å². The van der Waals surface area contributed by atoms with E-state index in [0.29, 0.717) is 18.8 Å². The first-order valence-corrected chi connectivity index (χ1v) is 11.0. The molecule has 0 saturated carbocycles. The van der Waals surface area contributed by atoms with Crippen LogP contribution in [0.1, 0.15) is 39.3 Å². The van der Waals surface area contributed by atoms with E-state index in [1.807, 2.05) is 36.5 Å². The van der Waals surface area contributed by atoms with Crippen LogP contribution in [0.4, 0.5) is 5.69 Å². The van der Waals surface area contributed by atoms with Gasteiger partial charge >= 0.3 is 0 Å². The van der Waals surface area contributed by atoms with E-state index in [1.165, 1.54) is 12.1 Å². The molecule has 172 valence electrons. The van der Waals surface area contributed by atoms with E-state index in [4.69, 9.17) is 4.42 Å². The molecule has 4 aromatic rings. The summed E-state index contributed by atoms with van der Waals surface area (Å²) in [7, 11) is 0. The van der Waals surface area contributed by atoms with Crippen molar-refractivity contribution in [2.24, 2.45) is 0 Å². The number of nitro groups is 1. The van der Waals surface area contributed by atoms with Gasteiger partial charge in [0.05, 0.1) is 29.7 Å². The number of hydrogen-bond donors (Lipinski definition) is 1. The van der Waals surface area contributed by atoms with E-state index in [-0.39, 0.29) is 23.4 Å². The molecular weight excluding hydrogens is 434 g/mol. The average molecular weight is 457 g/mol. The topological polar surface area (TPSA) is 106 Å². The number of benzene rings is 1. The Balaban J connectivity index is 1.32. The summed E-state index contributed by atoms with van der Waals surface area (Å²) in [6.07, 6.45) is 3.73. The van der Waals surface area contributed by atoms with Crippen LogP contribution in [0.15, 0.2) is 83.5 Å².